The van der Waals surface area contributed by atoms with E-state index in [1.165, 1.54) is 0 Å². The maximum atomic E-state index is 12.4. The van der Waals surface area contributed by atoms with Gasteiger partial charge in [-0.3, -0.25) is 4.79 Å². The Bertz CT molecular complexity index is 402. The Morgan fingerprint density at radius 1 is 1.37 bits per heavy atom. The summed E-state index contributed by atoms with van der Waals surface area (Å²) in [6.45, 7) is 8.85. The molecule has 0 saturated carbocycles. The molecule has 0 aromatic carbocycles. The number of aromatic nitrogens is 1. The first-order valence-corrected chi connectivity index (χ1v) is 7.25. The predicted molar refractivity (Wildman–Crippen MR) is 76.9 cm³/mol. The molecule has 2 rings (SSSR count). The van der Waals surface area contributed by atoms with E-state index in [1.807, 2.05) is 24.5 Å². The van der Waals surface area contributed by atoms with Crippen LogP contribution in [-0.2, 0) is 11.3 Å². The minimum atomic E-state index is -0.217. The van der Waals surface area contributed by atoms with Crippen LogP contribution < -0.4 is 5.32 Å². The van der Waals surface area contributed by atoms with Crippen molar-refractivity contribution in [1.82, 2.24) is 14.8 Å². The zero-order valence-electron chi connectivity index (χ0n) is 12.1. The van der Waals surface area contributed by atoms with Crippen LogP contribution in [0.25, 0.3) is 0 Å². The maximum Gasteiger partial charge on any atom is 0.227 e. The lowest BCUT2D eigenvalue weighted by Gasteiger charge is -2.38. The van der Waals surface area contributed by atoms with Crippen molar-refractivity contribution in [1.29, 1.82) is 0 Å². The first-order chi connectivity index (χ1) is 9.14. The molecule has 0 spiro atoms. The van der Waals surface area contributed by atoms with E-state index < -0.39 is 0 Å². The topological polar surface area (TPSA) is 37.3 Å². The Balaban J connectivity index is 1.81. The highest BCUT2D eigenvalue weighted by Crippen LogP contribution is 2.29. The second-order valence-electron chi connectivity index (χ2n) is 5.71. The van der Waals surface area contributed by atoms with E-state index in [1.54, 1.807) is 0 Å². The van der Waals surface area contributed by atoms with Crippen molar-refractivity contribution >= 4 is 5.91 Å². The quantitative estimate of drug-likeness (QED) is 0.878. The lowest BCUT2D eigenvalue weighted by molar-refractivity contribution is -0.133. The third-order valence-corrected chi connectivity index (χ3v) is 4.09. The minimum Gasteiger partial charge on any atom is -0.354 e. The SMILES string of the molecule is CCN1CCCC(C)(C(=O)NCCn2cccc2)C1. The average Bonchev–Trinajstić information content (AvgIpc) is 2.91. The summed E-state index contributed by atoms with van der Waals surface area (Å²) in [6, 6.07) is 4.01. The highest BCUT2D eigenvalue weighted by atomic mass is 16.2. The van der Waals surface area contributed by atoms with Gasteiger partial charge in [-0.25, -0.2) is 0 Å². The van der Waals surface area contributed by atoms with Crippen molar-refractivity contribution in [2.45, 2.75) is 33.2 Å². The number of nitrogens with one attached hydrogen (secondary N) is 1. The molecular formula is C15H25N3O. The molecule has 106 valence electrons. The van der Waals surface area contributed by atoms with Crippen LogP contribution in [0.5, 0.6) is 0 Å². The number of carbonyl (C=O) groups excluding carboxylic acids is 1. The lowest BCUT2D eigenvalue weighted by Crippen LogP contribution is -2.50. The summed E-state index contributed by atoms with van der Waals surface area (Å²) in [4.78, 5) is 14.7. The summed E-state index contributed by atoms with van der Waals surface area (Å²) in [6.07, 6.45) is 6.16. The summed E-state index contributed by atoms with van der Waals surface area (Å²) in [7, 11) is 0. The molecule has 1 aliphatic rings. The van der Waals surface area contributed by atoms with Gasteiger partial charge in [0, 0.05) is 32.0 Å². The van der Waals surface area contributed by atoms with Crippen LogP contribution >= 0.6 is 0 Å². The smallest absolute Gasteiger partial charge is 0.227 e. The number of piperidine rings is 1. The molecule has 1 aromatic rings. The summed E-state index contributed by atoms with van der Waals surface area (Å²) in [5.41, 5.74) is -0.217. The molecule has 1 atom stereocenters. The molecular weight excluding hydrogens is 238 g/mol. The summed E-state index contributed by atoms with van der Waals surface area (Å²) >= 11 is 0. The van der Waals surface area contributed by atoms with Gasteiger partial charge in [-0.1, -0.05) is 6.92 Å². The molecule has 0 radical (unpaired) electrons. The number of nitrogens with zero attached hydrogens (tertiary/aromatic N) is 2. The van der Waals surface area contributed by atoms with Crippen LogP contribution in [0.3, 0.4) is 0 Å². The normalized spacial score (nSPS) is 24.3. The number of carbonyl (C=O) groups is 1. The largest absolute Gasteiger partial charge is 0.354 e. The van der Waals surface area contributed by atoms with E-state index in [2.05, 4.69) is 28.6 Å². The van der Waals surface area contributed by atoms with Crippen LogP contribution in [-0.4, -0.2) is 41.6 Å². The molecule has 19 heavy (non-hydrogen) atoms. The predicted octanol–water partition coefficient (Wildman–Crippen LogP) is 1.73. The van der Waals surface area contributed by atoms with Crippen molar-refractivity contribution in [3.05, 3.63) is 24.5 Å². The standard InChI is InChI=1S/C15H25N3O/c1-3-17-11-6-7-15(2,13-17)14(19)16-8-12-18-9-4-5-10-18/h4-5,9-10H,3,6-8,11-13H2,1-2H3,(H,16,19). The molecule has 1 amide bonds. The van der Waals surface area contributed by atoms with E-state index in [4.69, 9.17) is 0 Å². The summed E-state index contributed by atoms with van der Waals surface area (Å²) in [5, 5.41) is 3.09. The average molecular weight is 263 g/mol. The van der Waals surface area contributed by atoms with Crippen molar-refractivity contribution < 1.29 is 4.79 Å². The van der Waals surface area contributed by atoms with Gasteiger partial charge in [0.1, 0.15) is 0 Å². The van der Waals surface area contributed by atoms with Gasteiger partial charge in [0.15, 0.2) is 0 Å². The molecule has 2 heterocycles. The first-order valence-electron chi connectivity index (χ1n) is 7.25. The van der Waals surface area contributed by atoms with E-state index in [0.717, 1.165) is 39.0 Å². The Morgan fingerprint density at radius 2 is 2.11 bits per heavy atom. The zero-order valence-corrected chi connectivity index (χ0v) is 12.1. The fourth-order valence-corrected chi connectivity index (χ4v) is 2.83. The highest BCUT2D eigenvalue weighted by Gasteiger charge is 2.36. The van der Waals surface area contributed by atoms with Crippen LogP contribution in [0.15, 0.2) is 24.5 Å². The number of hydrogen-bond acceptors (Lipinski definition) is 2. The maximum absolute atomic E-state index is 12.4. The molecule has 1 fully saturated rings. The van der Waals surface area contributed by atoms with Gasteiger partial charge in [-0.15, -0.1) is 0 Å². The van der Waals surface area contributed by atoms with Crippen LogP contribution in [0.2, 0.25) is 0 Å². The second kappa shape index (κ2) is 6.24. The van der Waals surface area contributed by atoms with E-state index in [9.17, 15) is 4.79 Å². The van der Waals surface area contributed by atoms with Gasteiger partial charge in [0.2, 0.25) is 5.91 Å². The van der Waals surface area contributed by atoms with E-state index >= 15 is 0 Å². The molecule has 1 aliphatic heterocycles. The Kier molecular flexibility index (Phi) is 4.64. The highest BCUT2D eigenvalue weighted by molar-refractivity contribution is 5.82. The Labute approximate surface area is 115 Å². The monoisotopic (exact) mass is 263 g/mol. The molecule has 0 bridgehead atoms. The summed E-state index contributed by atoms with van der Waals surface area (Å²) in [5.74, 6) is 0.206. The number of likely N-dealkylation sites (tertiary alicyclic amines) is 1. The van der Waals surface area contributed by atoms with Crippen LogP contribution in [0.1, 0.15) is 26.7 Å². The van der Waals surface area contributed by atoms with Crippen molar-refractivity contribution in [2.24, 2.45) is 5.41 Å². The molecule has 1 N–H and O–H groups in total. The molecule has 4 heteroatoms. The first kappa shape index (κ1) is 14.1. The number of amides is 1. The van der Waals surface area contributed by atoms with E-state index in [-0.39, 0.29) is 11.3 Å². The van der Waals surface area contributed by atoms with E-state index in [0.29, 0.717) is 6.54 Å². The fourth-order valence-electron chi connectivity index (χ4n) is 2.83. The summed E-state index contributed by atoms with van der Waals surface area (Å²) < 4.78 is 2.09. The number of hydrogen-bond donors (Lipinski definition) is 1. The van der Waals surface area contributed by atoms with Crippen molar-refractivity contribution in [3.8, 4) is 0 Å². The lowest BCUT2D eigenvalue weighted by atomic mass is 9.81. The van der Waals surface area contributed by atoms with Gasteiger partial charge in [-0.2, -0.15) is 0 Å². The van der Waals surface area contributed by atoms with Gasteiger partial charge >= 0.3 is 0 Å². The van der Waals surface area contributed by atoms with Gasteiger partial charge in [0.25, 0.3) is 0 Å². The van der Waals surface area contributed by atoms with Gasteiger partial charge in [0.05, 0.1) is 5.41 Å². The number of rotatable bonds is 5. The fraction of sp³-hybridized carbons (Fsp3) is 0.667. The van der Waals surface area contributed by atoms with Crippen LogP contribution in [0, 0.1) is 5.41 Å². The Morgan fingerprint density at radius 3 is 2.79 bits per heavy atom. The molecule has 4 nitrogen and oxygen atoms in total. The third kappa shape index (κ3) is 3.60. The van der Waals surface area contributed by atoms with Crippen molar-refractivity contribution in [3.63, 3.8) is 0 Å². The molecule has 1 unspecified atom stereocenters. The van der Waals surface area contributed by atoms with Gasteiger partial charge < -0.3 is 14.8 Å². The van der Waals surface area contributed by atoms with Crippen LogP contribution in [0.4, 0.5) is 0 Å². The molecule has 1 saturated heterocycles. The second-order valence-corrected chi connectivity index (χ2v) is 5.71. The third-order valence-electron chi connectivity index (χ3n) is 4.09. The molecule has 1 aromatic heterocycles. The molecule has 0 aliphatic carbocycles. The van der Waals surface area contributed by atoms with Gasteiger partial charge in [-0.05, 0) is 45.0 Å². The van der Waals surface area contributed by atoms with Crippen molar-refractivity contribution in [2.75, 3.05) is 26.2 Å². The minimum absolute atomic E-state index is 0.206. The zero-order chi connectivity index (χ0) is 13.7. The Hall–Kier alpha value is -1.29.